The number of nitrogens with zero attached hydrogens (tertiary/aromatic N) is 4. The standard InChI is InChI=1S/C21H29N5O2.HI/c1-2-22-21(23-15-17-7-13-27-20-6-4-3-5-19(17)20)26-11-9-25(10-12-26)16-18-8-14-28-24-18;/h3-6,8,14,17H,2,7,9-13,15-16H2,1H3,(H,22,23);1H. The van der Waals surface area contributed by atoms with E-state index < -0.39 is 0 Å². The lowest BCUT2D eigenvalue weighted by molar-refractivity contribution is 0.169. The molecule has 1 aromatic heterocycles. The van der Waals surface area contributed by atoms with Gasteiger partial charge in [0.1, 0.15) is 12.0 Å². The van der Waals surface area contributed by atoms with Crippen molar-refractivity contribution in [2.75, 3.05) is 45.9 Å². The molecule has 1 atom stereocenters. The molecule has 8 heteroatoms. The van der Waals surface area contributed by atoms with E-state index in [4.69, 9.17) is 14.3 Å². The van der Waals surface area contributed by atoms with E-state index in [2.05, 4.69) is 45.4 Å². The van der Waals surface area contributed by atoms with E-state index in [0.717, 1.165) is 76.2 Å². The Bertz CT molecular complexity index is 775. The van der Waals surface area contributed by atoms with Crippen molar-refractivity contribution in [3.8, 4) is 5.75 Å². The number of rotatable bonds is 5. The number of aromatic nitrogens is 1. The highest BCUT2D eigenvalue weighted by molar-refractivity contribution is 14.0. The smallest absolute Gasteiger partial charge is 0.194 e. The second kappa shape index (κ2) is 10.8. The van der Waals surface area contributed by atoms with Gasteiger partial charge >= 0.3 is 0 Å². The van der Waals surface area contributed by atoms with E-state index in [1.165, 1.54) is 5.56 Å². The topological polar surface area (TPSA) is 66.1 Å². The summed E-state index contributed by atoms with van der Waals surface area (Å²) in [5, 5.41) is 7.49. The van der Waals surface area contributed by atoms with Gasteiger partial charge in [0.15, 0.2) is 5.96 Å². The third-order valence-corrected chi connectivity index (χ3v) is 5.43. The van der Waals surface area contributed by atoms with Gasteiger partial charge in [0, 0.05) is 57.8 Å². The number of nitrogens with one attached hydrogen (secondary N) is 1. The average molecular weight is 511 g/mol. The van der Waals surface area contributed by atoms with Crippen molar-refractivity contribution < 1.29 is 9.26 Å². The summed E-state index contributed by atoms with van der Waals surface area (Å²) in [6, 6.07) is 10.3. The van der Waals surface area contributed by atoms with Crippen LogP contribution in [0.25, 0.3) is 0 Å². The predicted molar refractivity (Wildman–Crippen MR) is 124 cm³/mol. The second-order valence-corrected chi connectivity index (χ2v) is 7.32. The number of benzene rings is 1. The quantitative estimate of drug-likeness (QED) is 0.379. The van der Waals surface area contributed by atoms with Crippen LogP contribution >= 0.6 is 24.0 Å². The van der Waals surface area contributed by atoms with E-state index in [0.29, 0.717) is 5.92 Å². The minimum absolute atomic E-state index is 0. The van der Waals surface area contributed by atoms with Crippen molar-refractivity contribution >= 4 is 29.9 Å². The van der Waals surface area contributed by atoms with E-state index in [1.54, 1.807) is 6.26 Å². The maximum Gasteiger partial charge on any atom is 0.194 e. The Labute approximate surface area is 189 Å². The highest BCUT2D eigenvalue weighted by Gasteiger charge is 2.23. The number of ether oxygens (including phenoxy) is 1. The van der Waals surface area contributed by atoms with E-state index in [1.807, 2.05) is 12.1 Å². The second-order valence-electron chi connectivity index (χ2n) is 7.32. The Hall–Kier alpha value is -1.81. The monoisotopic (exact) mass is 511 g/mol. The molecule has 4 rings (SSSR count). The number of aliphatic imine (C=N–C) groups is 1. The van der Waals surface area contributed by atoms with Crippen molar-refractivity contribution in [2.24, 2.45) is 4.99 Å². The van der Waals surface area contributed by atoms with Crippen LogP contribution in [-0.2, 0) is 6.54 Å². The minimum Gasteiger partial charge on any atom is -0.493 e. The number of piperazine rings is 1. The number of hydrogen-bond acceptors (Lipinski definition) is 5. The molecule has 29 heavy (non-hydrogen) atoms. The van der Waals surface area contributed by atoms with E-state index in [9.17, 15) is 0 Å². The number of halogens is 1. The molecule has 1 saturated heterocycles. The van der Waals surface area contributed by atoms with Crippen LogP contribution < -0.4 is 10.1 Å². The van der Waals surface area contributed by atoms with Crippen LogP contribution in [0.4, 0.5) is 0 Å². The van der Waals surface area contributed by atoms with Gasteiger partial charge in [0.05, 0.1) is 12.3 Å². The Balaban J connectivity index is 0.00000240. The predicted octanol–water partition coefficient (Wildman–Crippen LogP) is 2.94. The normalized spacial score (nSPS) is 19.8. The number of para-hydroxylation sites is 1. The average Bonchev–Trinajstić information content (AvgIpc) is 3.25. The van der Waals surface area contributed by atoms with Crippen LogP contribution in [0.1, 0.15) is 30.5 Å². The van der Waals surface area contributed by atoms with Gasteiger partial charge in [-0.3, -0.25) is 9.89 Å². The molecule has 0 amide bonds. The third-order valence-electron chi connectivity index (χ3n) is 5.43. The summed E-state index contributed by atoms with van der Waals surface area (Å²) in [7, 11) is 0. The molecule has 7 nitrogen and oxygen atoms in total. The Kier molecular flexibility index (Phi) is 8.17. The number of fused-ring (bicyclic) bond motifs is 1. The molecule has 2 aromatic rings. The molecule has 2 aliphatic heterocycles. The molecule has 0 saturated carbocycles. The summed E-state index contributed by atoms with van der Waals surface area (Å²) in [5.74, 6) is 2.46. The van der Waals surface area contributed by atoms with Crippen LogP contribution in [-0.4, -0.2) is 66.8 Å². The molecule has 2 aliphatic rings. The van der Waals surface area contributed by atoms with Gasteiger partial charge < -0.3 is 19.5 Å². The van der Waals surface area contributed by atoms with E-state index in [-0.39, 0.29) is 24.0 Å². The molecule has 1 aromatic carbocycles. The van der Waals surface area contributed by atoms with Gasteiger partial charge in [0.25, 0.3) is 0 Å². The summed E-state index contributed by atoms with van der Waals surface area (Å²) in [6.07, 6.45) is 2.65. The summed E-state index contributed by atoms with van der Waals surface area (Å²) in [6.45, 7) is 9.34. The van der Waals surface area contributed by atoms with Crippen molar-refractivity contribution in [3.05, 3.63) is 47.9 Å². The number of hydrogen-bond donors (Lipinski definition) is 1. The zero-order chi connectivity index (χ0) is 19.2. The van der Waals surface area contributed by atoms with Gasteiger partial charge in [-0.05, 0) is 25.0 Å². The minimum atomic E-state index is 0. The zero-order valence-electron chi connectivity index (χ0n) is 16.9. The summed E-state index contributed by atoms with van der Waals surface area (Å²) < 4.78 is 10.7. The molecular weight excluding hydrogens is 481 g/mol. The van der Waals surface area contributed by atoms with Crippen LogP contribution in [0.5, 0.6) is 5.75 Å². The fourth-order valence-corrected chi connectivity index (χ4v) is 3.89. The first-order chi connectivity index (χ1) is 13.8. The van der Waals surface area contributed by atoms with Gasteiger partial charge in [-0.2, -0.15) is 0 Å². The summed E-state index contributed by atoms with van der Waals surface area (Å²) in [5.41, 5.74) is 2.28. The van der Waals surface area contributed by atoms with Gasteiger partial charge in [-0.15, -0.1) is 24.0 Å². The molecule has 158 valence electrons. The first-order valence-electron chi connectivity index (χ1n) is 10.2. The Morgan fingerprint density at radius 2 is 2.03 bits per heavy atom. The zero-order valence-corrected chi connectivity index (χ0v) is 19.2. The lowest BCUT2D eigenvalue weighted by Crippen LogP contribution is -2.52. The third kappa shape index (κ3) is 5.63. The molecule has 1 unspecified atom stereocenters. The lowest BCUT2D eigenvalue weighted by Gasteiger charge is -2.36. The maximum absolute atomic E-state index is 5.79. The molecule has 0 bridgehead atoms. The molecule has 3 heterocycles. The molecular formula is C21H30IN5O2. The summed E-state index contributed by atoms with van der Waals surface area (Å²) >= 11 is 0. The van der Waals surface area contributed by atoms with Gasteiger partial charge in [0.2, 0.25) is 0 Å². The highest BCUT2D eigenvalue weighted by atomic mass is 127. The largest absolute Gasteiger partial charge is 0.493 e. The lowest BCUT2D eigenvalue weighted by atomic mass is 9.93. The molecule has 1 N–H and O–H groups in total. The SMILES string of the molecule is CCNC(=NCC1CCOc2ccccc21)N1CCN(Cc2ccon2)CC1.I. The maximum atomic E-state index is 5.79. The summed E-state index contributed by atoms with van der Waals surface area (Å²) in [4.78, 5) is 9.77. The fourth-order valence-electron chi connectivity index (χ4n) is 3.89. The van der Waals surface area contributed by atoms with Crippen molar-refractivity contribution in [3.63, 3.8) is 0 Å². The highest BCUT2D eigenvalue weighted by Crippen LogP contribution is 2.33. The molecule has 0 radical (unpaired) electrons. The molecule has 0 spiro atoms. The van der Waals surface area contributed by atoms with Crippen LogP contribution in [0, 0.1) is 0 Å². The number of guanidine groups is 1. The molecule has 1 fully saturated rings. The Morgan fingerprint density at radius 3 is 2.79 bits per heavy atom. The van der Waals surface area contributed by atoms with Gasteiger partial charge in [-0.1, -0.05) is 23.4 Å². The van der Waals surface area contributed by atoms with E-state index >= 15 is 0 Å². The fraction of sp³-hybridized carbons (Fsp3) is 0.524. The first kappa shape index (κ1) is 21.9. The van der Waals surface area contributed by atoms with Crippen LogP contribution in [0.15, 0.2) is 46.1 Å². The molecule has 0 aliphatic carbocycles. The van der Waals surface area contributed by atoms with Crippen LogP contribution in [0.2, 0.25) is 0 Å². The van der Waals surface area contributed by atoms with Crippen molar-refractivity contribution in [1.29, 1.82) is 0 Å². The van der Waals surface area contributed by atoms with Crippen LogP contribution in [0.3, 0.4) is 0 Å². The van der Waals surface area contributed by atoms with Crippen molar-refractivity contribution in [1.82, 2.24) is 20.3 Å². The van der Waals surface area contributed by atoms with Gasteiger partial charge in [-0.25, -0.2) is 0 Å². The van der Waals surface area contributed by atoms with Crippen molar-refractivity contribution in [2.45, 2.75) is 25.8 Å². The first-order valence-corrected chi connectivity index (χ1v) is 10.2. The Morgan fingerprint density at radius 1 is 1.21 bits per heavy atom.